The van der Waals surface area contributed by atoms with E-state index in [0.717, 1.165) is 32.5 Å². The highest BCUT2D eigenvalue weighted by Crippen LogP contribution is 2.28. The van der Waals surface area contributed by atoms with Crippen LogP contribution in [0.4, 0.5) is 13.2 Å². The van der Waals surface area contributed by atoms with Crippen LogP contribution in [0.1, 0.15) is 5.56 Å². The zero-order chi connectivity index (χ0) is 27.3. The molecule has 5 heterocycles. The number of alkyl halides is 3. The highest BCUT2D eigenvalue weighted by molar-refractivity contribution is 5.93. The van der Waals surface area contributed by atoms with E-state index in [1.165, 1.54) is 9.13 Å². The first-order valence-corrected chi connectivity index (χ1v) is 12.1. The molecule has 0 aliphatic carbocycles. The fraction of sp³-hybridized carbons (Fsp3) is 0.269. The van der Waals surface area contributed by atoms with Crippen molar-refractivity contribution >= 4 is 27.8 Å². The van der Waals surface area contributed by atoms with Crippen LogP contribution in [0.5, 0.6) is 0 Å². The van der Waals surface area contributed by atoms with E-state index in [4.69, 9.17) is 4.74 Å². The maximum atomic E-state index is 13.7. The standard InChI is InChI=1S/C26H22F3N7O3/c1-15-3-2-4-20-24(15)36(22-6-5-16(9-31-22)17-10-30-12-19-18(17)11-32-33-19)25(38)35(20)14-23(37)34-7-8-39-21(13-34)26(27,28)29/h2-6,9-12,21H,7-8,13-14H2,1H3,(H,32,33)/t21-/m1/s1. The van der Waals surface area contributed by atoms with Gasteiger partial charge in [0.15, 0.2) is 6.10 Å². The number of carbonyl (C=O) groups excluding carboxylic acids is 1. The lowest BCUT2D eigenvalue weighted by Crippen LogP contribution is -2.52. The Bertz CT molecular complexity index is 1760. The molecular weight excluding hydrogens is 515 g/mol. The minimum absolute atomic E-state index is 0.0130. The minimum Gasteiger partial charge on any atom is -0.365 e. The van der Waals surface area contributed by atoms with Crippen molar-refractivity contribution in [1.82, 2.24) is 34.2 Å². The Morgan fingerprint density at radius 2 is 2.00 bits per heavy atom. The van der Waals surface area contributed by atoms with Gasteiger partial charge in [-0.15, -0.1) is 0 Å². The first kappa shape index (κ1) is 24.8. The number of aryl methyl sites for hydroxylation is 1. The summed E-state index contributed by atoms with van der Waals surface area (Å²) in [5.41, 5.74) is 3.66. The fourth-order valence-electron chi connectivity index (χ4n) is 4.92. The van der Waals surface area contributed by atoms with Gasteiger partial charge < -0.3 is 9.64 Å². The zero-order valence-corrected chi connectivity index (χ0v) is 20.6. The van der Waals surface area contributed by atoms with Crippen LogP contribution >= 0.6 is 0 Å². The summed E-state index contributed by atoms with van der Waals surface area (Å²) in [7, 11) is 0. The number of imidazole rings is 1. The van der Waals surface area contributed by atoms with Crippen LogP contribution in [0.3, 0.4) is 0 Å². The molecule has 1 fully saturated rings. The van der Waals surface area contributed by atoms with Gasteiger partial charge in [-0.1, -0.05) is 12.1 Å². The van der Waals surface area contributed by atoms with Crippen LogP contribution in [0.2, 0.25) is 0 Å². The van der Waals surface area contributed by atoms with Crippen molar-refractivity contribution in [2.24, 2.45) is 0 Å². The molecule has 1 N–H and O–H groups in total. The Hall–Kier alpha value is -4.52. The fourth-order valence-corrected chi connectivity index (χ4v) is 4.92. The number of halogens is 3. The third-order valence-electron chi connectivity index (χ3n) is 6.88. The predicted octanol–water partition coefficient (Wildman–Crippen LogP) is 3.22. The van der Waals surface area contributed by atoms with E-state index in [9.17, 15) is 22.8 Å². The molecule has 0 unspecified atom stereocenters. The Morgan fingerprint density at radius 3 is 2.77 bits per heavy atom. The summed E-state index contributed by atoms with van der Waals surface area (Å²) in [6.07, 6.45) is 0.0672. The molecule has 39 heavy (non-hydrogen) atoms. The number of carbonyl (C=O) groups is 1. The Labute approximate surface area is 218 Å². The SMILES string of the molecule is Cc1cccc2c1n(-c1ccc(-c3cncc4[nH]ncc34)cn1)c(=O)n2CC(=O)N1CCO[C@@H](C(F)(F)F)C1. The Balaban J connectivity index is 1.37. The molecule has 0 spiro atoms. The maximum absolute atomic E-state index is 13.7. The lowest BCUT2D eigenvalue weighted by atomic mass is 10.1. The molecule has 0 bridgehead atoms. The smallest absolute Gasteiger partial charge is 0.365 e. The van der Waals surface area contributed by atoms with Gasteiger partial charge in [0.25, 0.3) is 0 Å². The highest BCUT2D eigenvalue weighted by Gasteiger charge is 2.44. The van der Waals surface area contributed by atoms with Crippen molar-refractivity contribution in [3.8, 4) is 16.9 Å². The van der Waals surface area contributed by atoms with Crippen molar-refractivity contribution in [2.75, 3.05) is 19.7 Å². The van der Waals surface area contributed by atoms with Gasteiger partial charge in [-0.2, -0.15) is 18.3 Å². The first-order chi connectivity index (χ1) is 18.7. The number of benzene rings is 1. The number of aromatic nitrogens is 6. The van der Waals surface area contributed by atoms with Gasteiger partial charge in [0, 0.05) is 35.5 Å². The summed E-state index contributed by atoms with van der Waals surface area (Å²) in [5, 5.41) is 7.81. The van der Waals surface area contributed by atoms with Gasteiger partial charge in [-0.25, -0.2) is 14.3 Å². The number of rotatable bonds is 4. The number of hydrogen-bond donors (Lipinski definition) is 1. The average Bonchev–Trinajstić information content (AvgIpc) is 3.52. The molecule has 5 aromatic rings. The number of ether oxygens (including phenoxy) is 1. The number of pyridine rings is 2. The number of morpholine rings is 1. The number of amides is 1. The monoisotopic (exact) mass is 537 g/mol. The average molecular weight is 538 g/mol. The topological polar surface area (TPSA) is 111 Å². The van der Waals surface area contributed by atoms with Crippen molar-refractivity contribution in [3.63, 3.8) is 0 Å². The van der Waals surface area contributed by atoms with Gasteiger partial charge >= 0.3 is 11.9 Å². The number of fused-ring (bicyclic) bond motifs is 2. The largest absolute Gasteiger partial charge is 0.416 e. The molecule has 1 amide bonds. The first-order valence-electron chi connectivity index (χ1n) is 12.1. The van der Waals surface area contributed by atoms with Gasteiger partial charge in [-0.3, -0.25) is 19.4 Å². The van der Waals surface area contributed by atoms with Gasteiger partial charge in [0.2, 0.25) is 5.91 Å². The maximum Gasteiger partial charge on any atom is 0.416 e. The summed E-state index contributed by atoms with van der Waals surface area (Å²) < 4.78 is 47.0. The normalized spacial score (nSPS) is 16.3. The zero-order valence-electron chi connectivity index (χ0n) is 20.6. The van der Waals surface area contributed by atoms with Gasteiger partial charge in [0.1, 0.15) is 12.4 Å². The molecule has 0 saturated carbocycles. The molecule has 1 saturated heterocycles. The Morgan fingerprint density at radius 1 is 1.15 bits per heavy atom. The number of H-pyrrole nitrogens is 1. The number of aromatic amines is 1. The van der Waals surface area contributed by atoms with Gasteiger partial charge in [0.05, 0.1) is 42.1 Å². The van der Waals surface area contributed by atoms with E-state index in [1.54, 1.807) is 43.0 Å². The predicted molar refractivity (Wildman–Crippen MR) is 135 cm³/mol. The van der Waals surface area contributed by atoms with Crippen molar-refractivity contribution < 1.29 is 22.7 Å². The lowest BCUT2D eigenvalue weighted by molar-refractivity contribution is -0.236. The van der Waals surface area contributed by atoms with Gasteiger partial charge in [-0.05, 0) is 30.7 Å². The number of hydrogen-bond acceptors (Lipinski definition) is 6. The number of nitrogens with zero attached hydrogens (tertiary/aromatic N) is 6. The lowest BCUT2D eigenvalue weighted by Gasteiger charge is -2.33. The van der Waals surface area contributed by atoms with E-state index in [0.29, 0.717) is 16.9 Å². The summed E-state index contributed by atoms with van der Waals surface area (Å²) in [5.74, 6) is -0.260. The number of nitrogens with one attached hydrogen (secondary N) is 1. The van der Waals surface area contributed by atoms with E-state index in [-0.39, 0.29) is 13.2 Å². The summed E-state index contributed by atoms with van der Waals surface area (Å²) in [6.45, 7) is 0.585. The summed E-state index contributed by atoms with van der Waals surface area (Å²) in [6, 6.07) is 8.80. The van der Waals surface area contributed by atoms with E-state index < -0.39 is 37.0 Å². The van der Waals surface area contributed by atoms with Crippen LogP contribution in [0.15, 0.2) is 59.9 Å². The van der Waals surface area contributed by atoms with E-state index in [1.807, 2.05) is 19.1 Å². The molecule has 10 nitrogen and oxygen atoms in total. The van der Waals surface area contributed by atoms with Crippen LogP contribution in [-0.4, -0.2) is 72.1 Å². The quantitative estimate of drug-likeness (QED) is 0.377. The van der Waals surface area contributed by atoms with E-state index in [2.05, 4.69) is 20.2 Å². The van der Waals surface area contributed by atoms with E-state index >= 15 is 0 Å². The summed E-state index contributed by atoms with van der Waals surface area (Å²) >= 11 is 0. The van der Waals surface area contributed by atoms with Crippen molar-refractivity contribution in [3.05, 3.63) is 71.2 Å². The second-order valence-electron chi connectivity index (χ2n) is 9.31. The second-order valence-corrected chi connectivity index (χ2v) is 9.31. The molecule has 4 aromatic heterocycles. The van der Waals surface area contributed by atoms with Crippen molar-refractivity contribution in [1.29, 1.82) is 0 Å². The molecule has 1 aliphatic heterocycles. The van der Waals surface area contributed by atoms with Crippen LogP contribution in [0, 0.1) is 6.92 Å². The molecule has 0 radical (unpaired) electrons. The van der Waals surface area contributed by atoms with Crippen LogP contribution in [-0.2, 0) is 16.1 Å². The summed E-state index contributed by atoms with van der Waals surface area (Å²) in [4.78, 5) is 36.6. The Kier molecular flexibility index (Phi) is 5.94. The third kappa shape index (κ3) is 4.34. The minimum atomic E-state index is -4.58. The second kappa shape index (κ2) is 9.34. The molecule has 1 aromatic carbocycles. The highest BCUT2D eigenvalue weighted by atomic mass is 19.4. The van der Waals surface area contributed by atoms with Crippen LogP contribution < -0.4 is 5.69 Å². The molecule has 13 heteroatoms. The molecule has 200 valence electrons. The molecule has 1 aliphatic rings. The van der Waals surface area contributed by atoms with Crippen molar-refractivity contribution in [2.45, 2.75) is 25.7 Å². The third-order valence-corrected chi connectivity index (χ3v) is 6.88. The number of para-hydroxylation sites is 1. The molecule has 1 atom stereocenters. The molecular formula is C26H22F3N7O3. The molecule has 6 rings (SSSR count). The van der Waals surface area contributed by atoms with Crippen LogP contribution in [0.25, 0.3) is 38.9 Å².